The Kier molecular flexibility index (Phi) is 6.46. The zero-order valence-electron chi connectivity index (χ0n) is 19.6. The van der Waals surface area contributed by atoms with Crippen LogP contribution in [-0.4, -0.2) is 49.7 Å². The van der Waals surface area contributed by atoms with Crippen molar-refractivity contribution < 1.29 is 4.39 Å². The van der Waals surface area contributed by atoms with Gasteiger partial charge in [0.15, 0.2) is 0 Å². The van der Waals surface area contributed by atoms with Crippen LogP contribution >= 0.6 is 11.8 Å². The van der Waals surface area contributed by atoms with Gasteiger partial charge in [-0.1, -0.05) is 19.1 Å². The van der Waals surface area contributed by atoms with Gasteiger partial charge in [0.1, 0.15) is 16.7 Å². The van der Waals surface area contributed by atoms with E-state index in [-0.39, 0.29) is 5.82 Å². The van der Waals surface area contributed by atoms with Crippen LogP contribution in [0.3, 0.4) is 0 Å². The van der Waals surface area contributed by atoms with E-state index in [1.807, 2.05) is 19.1 Å². The first-order valence-corrected chi connectivity index (χ1v) is 13.1. The van der Waals surface area contributed by atoms with E-state index in [1.54, 1.807) is 17.8 Å². The normalized spacial score (nSPS) is 21.6. The third-order valence-electron chi connectivity index (χ3n) is 7.06. The quantitative estimate of drug-likeness (QED) is 0.468. The van der Waals surface area contributed by atoms with Gasteiger partial charge < -0.3 is 15.1 Å². The average Bonchev–Trinajstić information content (AvgIpc) is 3.67. The molecule has 1 unspecified atom stereocenters. The lowest BCUT2D eigenvalue weighted by molar-refractivity contribution is 0.360. The summed E-state index contributed by atoms with van der Waals surface area (Å²) in [6, 6.07) is 6.04. The maximum Gasteiger partial charge on any atom is 0.133 e. The van der Waals surface area contributed by atoms with Crippen LogP contribution in [0.15, 0.2) is 23.2 Å². The highest BCUT2D eigenvalue weighted by Gasteiger charge is 2.37. The molecular formula is C26H35FN4S. The minimum absolute atomic E-state index is 0.118. The summed E-state index contributed by atoms with van der Waals surface area (Å²) in [6.07, 6.45) is 4.82. The van der Waals surface area contributed by atoms with E-state index in [4.69, 9.17) is 4.98 Å². The number of aromatic nitrogens is 1. The number of pyridine rings is 1. The maximum absolute atomic E-state index is 14.1. The number of aryl methyl sites for hydroxylation is 1. The molecular weight excluding hydrogens is 419 g/mol. The Morgan fingerprint density at radius 2 is 1.97 bits per heavy atom. The number of hydrogen-bond acceptors (Lipinski definition) is 5. The molecule has 2 saturated heterocycles. The molecule has 1 aliphatic carbocycles. The van der Waals surface area contributed by atoms with Gasteiger partial charge in [-0.05, 0) is 74.9 Å². The monoisotopic (exact) mass is 454 g/mol. The number of thioether (sulfide) groups is 1. The van der Waals surface area contributed by atoms with Crippen molar-refractivity contribution >= 4 is 17.6 Å². The highest BCUT2D eigenvalue weighted by Crippen LogP contribution is 2.49. The first-order chi connectivity index (χ1) is 15.5. The molecule has 5 rings (SSSR count). The third-order valence-corrected chi connectivity index (χ3v) is 8.12. The van der Waals surface area contributed by atoms with Gasteiger partial charge in [-0.15, -0.1) is 11.8 Å². The second-order valence-corrected chi connectivity index (χ2v) is 10.6. The molecule has 32 heavy (non-hydrogen) atoms. The minimum Gasteiger partial charge on any atom is -0.355 e. The van der Waals surface area contributed by atoms with E-state index in [0.717, 1.165) is 55.5 Å². The Morgan fingerprint density at radius 3 is 2.66 bits per heavy atom. The fraction of sp³-hybridized carbons (Fsp3) is 0.577. The van der Waals surface area contributed by atoms with Crippen molar-refractivity contribution in [3.63, 3.8) is 0 Å². The summed E-state index contributed by atoms with van der Waals surface area (Å²) in [5.74, 6) is 2.54. The topological polar surface area (TPSA) is 41.3 Å². The Morgan fingerprint density at radius 1 is 1.16 bits per heavy atom. The fourth-order valence-corrected chi connectivity index (χ4v) is 5.97. The van der Waals surface area contributed by atoms with E-state index in [2.05, 4.69) is 29.1 Å². The molecule has 4 nitrogen and oxygen atoms in total. The van der Waals surface area contributed by atoms with Crippen molar-refractivity contribution in [3.8, 4) is 0 Å². The van der Waals surface area contributed by atoms with E-state index in [1.165, 1.54) is 41.8 Å². The van der Waals surface area contributed by atoms with Gasteiger partial charge in [0.2, 0.25) is 0 Å². The Bertz CT molecular complexity index is 986. The minimum atomic E-state index is -0.118. The zero-order valence-corrected chi connectivity index (χ0v) is 20.4. The average molecular weight is 455 g/mol. The first kappa shape index (κ1) is 22.2. The molecule has 1 N–H and O–H groups in total. The lowest BCUT2D eigenvalue weighted by Crippen LogP contribution is -2.31. The van der Waals surface area contributed by atoms with Gasteiger partial charge in [0.25, 0.3) is 0 Å². The molecule has 1 saturated carbocycles. The maximum atomic E-state index is 14.1. The van der Waals surface area contributed by atoms with Gasteiger partial charge in [-0.2, -0.15) is 0 Å². The van der Waals surface area contributed by atoms with Crippen molar-refractivity contribution in [1.82, 2.24) is 15.2 Å². The summed E-state index contributed by atoms with van der Waals surface area (Å²) < 4.78 is 14.1. The highest BCUT2D eigenvalue weighted by molar-refractivity contribution is 7.98. The molecule has 3 heterocycles. The van der Waals surface area contributed by atoms with Crippen LogP contribution in [0.5, 0.6) is 0 Å². The number of rotatable bonds is 7. The number of likely N-dealkylation sites (N-methyl/N-ethyl adjacent to an activating group) is 1. The van der Waals surface area contributed by atoms with Crippen LogP contribution in [0.2, 0.25) is 0 Å². The molecule has 1 aromatic heterocycles. The summed E-state index contributed by atoms with van der Waals surface area (Å²) in [5, 5.41) is 4.70. The summed E-state index contributed by atoms with van der Waals surface area (Å²) in [4.78, 5) is 10.4. The fourth-order valence-electron chi connectivity index (χ4n) is 4.92. The predicted molar refractivity (Wildman–Crippen MR) is 131 cm³/mol. The van der Waals surface area contributed by atoms with Crippen LogP contribution in [0, 0.1) is 12.7 Å². The zero-order chi connectivity index (χ0) is 22.2. The second kappa shape index (κ2) is 9.32. The number of nitrogens with zero attached hydrogens (tertiary/aromatic N) is 3. The van der Waals surface area contributed by atoms with Crippen molar-refractivity contribution in [2.24, 2.45) is 0 Å². The van der Waals surface area contributed by atoms with Crippen molar-refractivity contribution in [2.45, 2.75) is 62.3 Å². The number of nitrogens with one attached hydrogen (secondary N) is 1. The van der Waals surface area contributed by atoms with Gasteiger partial charge >= 0.3 is 0 Å². The van der Waals surface area contributed by atoms with Gasteiger partial charge in [-0.3, -0.25) is 0 Å². The summed E-state index contributed by atoms with van der Waals surface area (Å²) >= 11 is 1.78. The summed E-state index contributed by atoms with van der Waals surface area (Å²) in [5.41, 5.74) is 6.21. The molecule has 2 aromatic rings. The second-order valence-electron chi connectivity index (χ2n) is 9.65. The number of hydrogen-bond donors (Lipinski definition) is 1. The van der Waals surface area contributed by atoms with Crippen LogP contribution in [0.1, 0.15) is 66.0 Å². The Hall–Kier alpha value is -1.63. The van der Waals surface area contributed by atoms with Crippen molar-refractivity contribution in [3.05, 3.63) is 51.8 Å². The van der Waals surface area contributed by atoms with Crippen LogP contribution in [0.4, 0.5) is 10.2 Å². The third kappa shape index (κ3) is 4.68. The van der Waals surface area contributed by atoms with E-state index in [9.17, 15) is 4.39 Å². The van der Waals surface area contributed by atoms with E-state index in [0.29, 0.717) is 17.5 Å². The van der Waals surface area contributed by atoms with Crippen molar-refractivity contribution in [1.29, 1.82) is 0 Å². The molecule has 2 aliphatic heterocycles. The largest absolute Gasteiger partial charge is 0.355 e. The molecule has 3 fully saturated rings. The summed E-state index contributed by atoms with van der Waals surface area (Å²) in [6.45, 7) is 9.52. The number of anilines is 1. The molecule has 172 valence electrons. The molecule has 1 atom stereocenters. The molecule has 1 aromatic carbocycles. The molecule has 3 aliphatic rings. The number of halogens is 1. The van der Waals surface area contributed by atoms with Gasteiger partial charge in [0, 0.05) is 49.1 Å². The van der Waals surface area contributed by atoms with Gasteiger partial charge in [-0.25, -0.2) is 9.37 Å². The molecule has 0 amide bonds. The van der Waals surface area contributed by atoms with Crippen molar-refractivity contribution in [2.75, 3.05) is 44.7 Å². The van der Waals surface area contributed by atoms with Gasteiger partial charge in [0.05, 0.1) is 0 Å². The molecule has 0 spiro atoms. The lowest BCUT2D eigenvalue weighted by Gasteiger charge is -2.28. The first-order valence-electron chi connectivity index (χ1n) is 12.2. The molecule has 6 heteroatoms. The van der Waals surface area contributed by atoms with Crippen LogP contribution < -0.4 is 10.2 Å². The lowest BCUT2D eigenvalue weighted by atomic mass is 9.95. The van der Waals surface area contributed by atoms with Crippen LogP contribution in [-0.2, 0) is 12.2 Å². The van der Waals surface area contributed by atoms with Crippen LogP contribution in [0.25, 0.3) is 0 Å². The van der Waals surface area contributed by atoms with E-state index >= 15 is 0 Å². The Balaban J connectivity index is 1.53. The molecule has 0 radical (unpaired) electrons. The standard InChI is InChI=1S/C26H35FN4S/c1-4-20-23(19-8-9-19)25(31-11-5-10-30(3)12-13-31)29-26(24(20)22-15-28-22)32-16-18-7-6-17(2)21(27)14-18/h6-7,14,19,22,28H,4-5,8-13,15-16H2,1-3H3. The summed E-state index contributed by atoms with van der Waals surface area (Å²) in [7, 11) is 2.22. The highest BCUT2D eigenvalue weighted by atomic mass is 32.2. The predicted octanol–water partition coefficient (Wildman–Crippen LogP) is 5.05. The Labute approximate surface area is 196 Å². The number of benzene rings is 1. The molecule has 0 bridgehead atoms. The SMILES string of the molecule is CCc1c(C2CC2)c(N2CCCN(C)CC2)nc(SCc2ccc(C)c(F)c2)c1C1CN1. The smallest absolute Gasteiger partial charge is 0.133 e. The van der Waals surface area contributed by atoms with E-state index < -0.39 is 0 Å².